The molecule has 0 saturated carbocycles. The van der Waals surface area contributed by atoms with Gasteiger partial charge in [0.25, 0.3) is 0 Å². The third-order valence-electron chi connectivity index (χ3n) is 14.1. The van der Waals surface area contributed by atoms with Crippen molar-refractivity contribution in [2.75, 3.05) is 40.9 Å². The van der Waals surface area contributed by atoms with Gasteiger partial charge in [-0.3, -0.25) is 13.8 Å². The van der Waals surface area contributed by atoms with Crippen LogP contribution in [-0.4, -0.2) is 73.4 Å². The maximum absolute atomic E-state index is 13.0. The Bertz CT molecular complexity index is 1310. The zero-order valence-electron chi connectivity index (χ0n) is 48.4. The average molecular weight is 1030 g/mol. The lowest BCUT2D eigenvalue weighted by Crippen LogP contribution is -2.46. The number of aliphatic hydroxyl groups is 1. The van der Waals surface area contributed by atoms with Crippen molar-refractivity contribution in [3.8, 4) is 0 Å². The van der Waals surface area contributed by atoms with Crippen LogP contribution >= 0.6 is 7.82 Å². The normalized spacial score (nSPS) is 14.2. The summed E-state index contributed by atoms with van der Waals surface area (Å²) in [6, 6.07) is -0.760. The van der Waals surface area contributed by atoms with Gasteiger partial charge in [-0.1, -0.05) is 287 Å². The molecule has 3 atom stereocenters. The molecule has 3 unspecified atom stereocenters. The highest BCUT2D eigenvalue weighted by atomic mass is 31.2. The molecule has 0 aromatic heterocycles. The van der Waals surface area contributed by atoms with Gasteiger partial charge in [0.2, 0.25) is 5.91 Å². The van der Waals surface area contributed by atoms with Crippen LogP contribution in [-0.2, 0) is 18.4 Å². The Morgan fingerprint density at radius 3 is 1.22 bits per heavy atom. The first-order chi connectivity index (χ1) is 35.0. The number of unbranched alkanes of at least 4 members (excludes halogenated alkanes) is 36. The molecule has 0 rings (SSSR count). The first-order valence-corrected chi connectivity index (χ1v) is 32.5. The number of nitrogens with one attached hydrogen (secondary N) is 1. The van der Waals surface area contributed by atoms with Gasteiger partial charge in [-0.25, -0.2) is 4.57 Å². The second kappa shape index (κ2) is 54.3. The summed E-state index contributed by atoms with van der Waals surface area (Å²) in [5.41, 5.74) is 0. The van der Waals surface area contributed by atoms with Crippen LogP contribution in [0.25, 0.3) is 0 Å². The zero-order chi connectivity index (χ0) is 52.7. The third kappa shape index (κ3) is 56.2. The van der Waals surface area contributed by atoms with Gasteiger partial charge < -0.3 is 19.8 Å². The number of likely N-dealkylation sites (N-methyl/N-ethyl adjacent to an activating group) is 1. The molecule has 3 N–H and O–H groups in total. The van der Waals surface area contributed by atoms with Crippen LogP contribution in [0.15, 0.2) is 48.6 Å². The molecule has 0 fully saturated rings. The number of phosphoric ester groups is 1. The van der Waals surface area contributed by atoms with Gasteiger partial charge >= 0.3 is 7.82 Å². The number of aliphatic hydroxyl groups excluding tert-OH is 1. The van der Waals surface area contributed by atoms with Crippen LogP contribution in [0, 0.1) is 0 Å². The summed E-state index contributed by atoms with van der Waals surface area (Å²) in [6.45, 7) is 4.81. The van der Waals surface area contributed by atoms with E-state index in [4.69, 9.17) is 9.05 Å². The molecule has 0 radical (unpaired) electrons. The fraction of sp³-hybridized carbons (Fsp3) is 0.857. The molecule has 9 heteroatoms. The number of rotatable bonds is 57. The van der Waals surface area contributed by atoms with Crippen LogP contribution in [0.5, 0.6) is 0 Å². The van der Waals surface area contributed by atoms with E-state index in [1.165, 1.54) is 205 Å². The minimum absolute atomic E-state index is 0.0760. The molecule has 0 aliphatic carbocycles. The Labute approximate surface area is 448 Å². The molecule has 8 nitrogen and oxygen atoms in total. The van der Waals surface area contributed by atoms with Crippen molar-refractivity contribution in [3.05, 3.63) is 48.6 Å². The fourth-order valence-electron chi connectivity index (χ4n) is 9.28. The van der Waals surface area contributed by atoms with E-state index < -0.39 is 20.0 Å². The quantitative estimate of drug-likeness (QED) is 0.0243. The van der Waals surface area contributed by atoms with E-state index in [1.54, 1.807) is 0 Å². The highest BCUT2D eigenvalue weighted by molar-refractivity contribution is 7.47. The predicted molar refractivity (Wildman–Crippen MR) is 314 cm³/mol. The van der Waals surface area contributed by atoms with E-state index in [1.807, 2.05) is 21.1 Å². The van der Waals surface area contributed by atoms with Crippen LogP contribution in [0.2, 0.25) is 0 Å². The number of hydrogen-bond donors (Lipinski definition) is 3. The molecule has 0 aromatic rings. The summed E-state index contributed by atoms with van der Waals surface area (Å²) in [5, 5.41) is 14.1. The summed E-state index contributed by atoms with van der Waals surface area (Å²) >= 11 is 0. The lowest BCUT2D eigenvalue weighted by atomic mass is 10.0. The second-order valence-electron chi connectivity index (χ2n) is 22.4. The molecule has 1 amide bonds. The van der Waals surface area contributed by atoms with Gasteiger partial charge in [-0.15, -0.1) is 0 Å². The number of nitrogens with zero attached hydrogens (tertiary/aromatic N) is 1. The van der Waals surface area contributed by atoms with Crippen LogP contribution in [0.4, 0.5) is 0 Å². The van der Waals surface area contributed by atoms with Crippen molar-refractivity contribution in [3.63, 3.8) is 0 Å². The maximum Gasteiger partial charge on any atom is 0.472 e. The Kier molecular flexibility index (Phi) is 53.1. The van der Waals surface area contributed by atoms with Gasteiger partial charge in [0.1, 0.15) is 13.2 Å². The molecule has 0 spiro atoms. The van der Waals surface area contributed by atoms with Crippen molar-refractivity contribution in [1.29, 1.82) is 0 Å². The monoisotopic (exact) mass is 1030 g/mol. The highest BCUT2D eigenvalue weighted by Crippen LogP contribution is 2.43. The summed E-state index contributed by atoms with van der Waals surface area (Å²) in [5.74, 6) is -0.140. The number of carbonyl (C=O) groups excluding carboxylic acids is 1. The first-order valence-electron chi connectivity index (χ1n) is 31.0. The Balaban J connectivity index is 4.00. The Morgan fingerprint density at radius 2 is 0.833 bits per heavy atom. The average Bonchev–Trinajstić information content (AvgIpc) is 3.34. The molecule has 424 valence electrons. The van der Waals surface area contributed by atoms with E-state index in [-0.39, 0.29) is 19.1 Å². The first kappa shape index (κ1) is 70.5. The molecule has 0 aliphatic rings. The van der Waals surface area contributed by atoms with Crippen LogP contribution in [0.3, 0.4) is 0 Å². The van der Waals surface area contributed by atoms with E-state index in [2.05, 4.69) is 67.8 Å². The lowest BCUT2D eigenvalue weighted by Gasteiger charge is -2.26. The van der Waals surface area contributed by atoms with E-state index in [9.17, 15) is 19.4 Å². The minimum atomic E-state index is -4.32. The third-order valence-corrected chi connectivity index (χ3v) is 15.1. The van der Waals surface area contributed by atoms with Gasteiger partial charge in [0, 0.05) is 6.42 Å². The van der Waals surface area contributed by atoms with Gasteiger partial charge in [0.05, 0.1) is 39.9 Å². The molecule has 0 aromatic carbocycles. The summed E-state index contributed by atoms with van der Waals surface area (Å²) < 4.78 is 23.8. The standard InChI is InChI=1S/C63H121N2O6P/c1-6-8-10-12-14-16-18-20-22-24-25-26-27-28-29-30-31-32-33-34-35-36-37-38-39-41-43-45-47-49-51-53-55-57-63(67)64-61(60-71-72(68,69)70-59-58-65(3,4)5)62(66)56-54-52-50-48-46-44-42-40-23-21-19-17-15-13-11-9-7-2/h8,10,14,16,20,22,25-26,61-62,66H,6-7,9,11-13,15,17-19,21,23-24,27-60H2,1-5H3,(H-,64,67,68,69)/p+1/b10-8-,16-14-,22-20-,26-25-. The Morgan fingerprint density at radius 1 is 0.486 bits per heavy atom. The molecule has 0 heterocycles. The second-order valence-corrected chi connectivity index (χ2v) is 23.9. The SMILES string of the molecule is CC/C=C\C/C=C\C/C=C\C/C=C\CCCCCCCCCCCCCCCCCCCCCCC(=O)NC(COP(=O)(O)OCC[N+](C)(C)C)C(O)CCCCCCCCCCCCCCCCCCC. The molecule has 0 aliphatic heterocycles. The van der Waals surface area contributed by atoms with Gasteiger partial charge in [0.15, 0.2) is 0 Å². The zero-order valence-corrected chi connectivity index (χ0v) is 49.3. The van der Waals surface area contributed by atoms with Crippen LogP contribution < -0.4 is 5.32 Å². The van der Waals surface area contributed by atoms with E-state index >= 15 is 0 Å². The van der Waals surface area contributed by atoms with Gasteiger partial charge in [-0.2, -0.15) is 0 Å². The van der Waals surface area contributed by atoms with Crippen molar-refractivity contribution in [1.82, 2.24) is 5.32 Å². The molecule has 72 heavy (non-hydrogen) atoms. The van der Waals surface area contributed by atoms with Crippen molar-refractivity contribution < 1.29 is 32.9 Å². The summed E-state index contributed by atoms with van der Waals surface area (Å²) in [7, 11) is 1.63. The number of amides is 1. The number of quaternary nitrogens is 1. The maximum atomic E-state index is 13.0. The van der Waals surface area contributed by atoms with Gasteiger partial charge in [-0.05, 0) is 51.4 Å². The molecule has 0 bridgehead atoms. The Hall–Kier alpha value is -1.54. The minimum Gasteiger partial charge on any atom is -0.391 e. The largest absolute Gasteiger partial charge is 0.472 e. The summed E-state index contributed by atoms with van der Waals surface area (Å²) in [6.07, 6.45) is 71.8. The molecular weight excluding hydrogens is 912 g/mol. The van der Waals surface area contributed by atoms with E-state index in [0.29, 0.717) is 23.9 Å². The van der Waals surface area contributed by atoms with Crippen LogP contribution in [0.1, 0.15) is 296 Å². The smallest absolute Gasteiger partial charge is 0.391 e. The number of hydrogen-bond acceptors (Lipinski definition) is 5. The fourth-order valence-corrected chi connectivity index (χ4v) is 10.0. The predicted octanol–water partition coefficient (Wildman–Crippen LogP) is 19.1. The molecule has 0 saturated heterocycles. The summed E-state index contributed by atoms with van der Waals surface area (Å²) in [4.78, 5) is 23.4. The van der Waals surface area contributed by atoms with Crippen molar-refractivity contribution in [2.45, 2.75) is 309 Å². The number of allylic oxidation sites excluding steroid dienone is 8. The lowest BCUT2D eigenvalue weighted by molar-refractivity contribution is -0.870. The van der Waals surface area contributed by atoms with E-state index in [0.717, 1.165) is 64.2 Å². The number of phosphoric acid groups is 1. The topological polar surface area (TPSA) is 105 Å². The van der Waals surface area contributed by atoms with Crippen molar-refractivity contribution in [2.24, 2.45) is 0 Å². The van der Waals surface area contributed by atoms with Crippen molar-refractivity contribution >= 4 is 13.7 Å². The number of carbonyl (C=O) groups is 1. The highest BCUT2D eigenvalue weighted by Gasteiger charge is 2.28. The molecular formula is C63H122N2O6P+.